The third-order valence-electron chi connectivity index (χ3n) is 5.56. The fraction of sp³-hybridized carbons (Fsp3) is 0.400. The number of benzene rings is 1. The summed E-state index contributed by atoms with van der Waals surface area (Å²) < 4.78 is 5.44. The number of amides is 1. The molecule has 5 rings (SSSR count). The van der Waals surface area contributed by atoms with Crippen molar-refractivity contribution in [2.45, 2.75) is 19.3 Å². The van der Waals surface area contributed by atoms with Crippen molar-refractivity contribution in [3.63, 3.8) is 0 Å². The minimum absolute atomic E-state index is 0.0382. The molecule has 3 aromatic rings. The number of carbonyl (C=O) groups excluding carboxylic acids is 1. The number of rotatable bonds is 4. The standard InChI is InChI=1S/C20H22N6O2/c27-18-12-22-19-20(26(18)6-3-13-4-7-28-8-5-13)24-17(11-21-19)14-1-2-16-15(9-14)10-23-25-16/h1-2,9-11,13H,3-8,12H2,(H,21,22)(H,23,25). The number of anilines is 2. The molecule has 2 aromatic heterocycles. The zero-order valence-corrected chi connectivity index (χ0v) is 15.5. The molecule has 0 radical (unpaired) electrons. The molecule has 1 amide bonds. The van der Waals surface area contributed by atoms with E-state index in [1.54, 1.807) is 17.3 Å². The van der Waals surface area contributed by atoms with Crippen molar-refractivity contribution in [2.75, 3.05) is 36.5 Å². The third kappa shape index (κ3) is 3.20. The number of aromatic nitrogens is 4. The van der Waals surface area contributed by atoms with Gasteiger partial charge >= 0.3 is 0 Å². The van der Waals surface area contributed by atoms with Crippen LogP contribution in [0.4, 0.5) is 11.6 Å². The summed E-state index contributed by atoms with van der Waals surface area (Å²) in [4.78, 5) is 23.7. The normalized spacial score (nSPS) is 17.6. The predicted octanol–water partition coefficient (Wildman–Crippen LogP) is 2.60. The van der Waals surface area contributed by atoms with E-state index in [-0.39, 0.29) is 12.5 Å². The number of hydrogen-bond acceptors (Lipinski definition) is 6. The summed E-state index contributed by atoms with van der Waals surface area (Å²) >= 11 is 0. The van der Waals surface area contributed by atoms with Crippen molar-refractivity contribution >= 4 is 28.4 Å². The lowest BCUT2D eigenvalue weighted by molar-refractivity contribution is -0.117. The van der Waals surface area contributed by atoms with Crippen molar-refractivity contribution in [3.8, 4) is 11.3 Å². The minimum Gasteiger partial charge on any atom is -0.381 e. The maximum atomic E-state index is 12.6. The number of aromatic amines is 1. The molecule has 144 valence electrons. The molecule has 0 atom stereocenters. The van der Waals surface area contributed by atoms with E-state index < -0.39 is 0 Å². The molecule has 4 heterocycles. The van der Waals surface area contributed by atoms with E-state index >= 15 is 0 Å². The summed E-state index contributed by atoms with van der Waals surface area (Å²) in [5.74, 6) is 1.92. The van der Waals surface area contributed by atoms with E-state index in [2.05, 4.69) is 20.5 Å². The van der Waals surface area contributed by atoms with Crippen LogP contribution in [0.5, 0.6) is 0 Å². The second-order valence-electron chi connectivity index (χ2n) is 7.34. The number of nitrogens with zero attached hydrogens (tertiary/aromatic N) is 4. The van der Waals surface area contributed by atoms with Crippen molar-refractivity contribution in [2.24, 2.45) is 5.92 Å². The van der Waals surface area contributed by atoms with Crippen LogP contribution in [0.25, 0.3) is 22.2 Å². The predicted molar refractivity (Wildman–Crippen MR) is 106 cm³/mol. The van der Waals surface area contributed by atoms with E-state index in [1.807, 2.05) is 18.2 Å². The Morgan fingerprint density at radius 1 is 1.21 bits per heavy atom. The lowest BCUT2D eigenvalue weighted by Crippen LogP contribution is -2.42. The Bertz CT molecular complexity index is 1010. The topological polar surface area (TPSA) is 96.0 Å². The van der Waals surface area contributed by atoms with Crippen molar-refractivity contribution in [3.05, 3.63) is 30.6 Å². The van der Waals surface area contributed by atoms with Gasteiger partial charge in [-0.1, -0.05) is 6.07 Å². The van der Waals surface area contributed by atoms with Gasteiger partial charge in [0.1, 0.15) is 0 Å². The number of ether oxygens (including phenoxy) is 1. The minimum atomic E-state index is 0.0382. The van der Waals surface area contributed by atoms with Gasteiger partial charge in [-0.05, 0) is 37.3 Å². The highest BCUT2D eigenvalue weighted by molar-refractivity contribution is 6.01. The van der Waals surface area contributed by atoms with Crippen LogP contribution in [0.2, 0.25) is 0 Å². The second-order valence-corrected chi connectivity index (χ2v) is 7.34. The SMILES string of the molecule is O=C1CNc2ncc(-c3ccc4[nH]ncc4c3)nc2N1CCC1CCOCC1. The van der Waals surface area contributed by atoms with Crippen LogP contribution in [0.3, 0.4) is 0 Å². The molecular weight excluding hydrogens is 356 g/mol. The number of nitrogens with one attached hydrogen (secondary N) is 2. The first-order valence-corrected chi connectivity index (χ1v) is 9.70. The van der Waals surface area contributed by atoms with Gasteiger partial charge in [-0.2, -0.15) is 5.10 Å². The van der Waals surface area contributed by atoms with Crippen LogP contribution >= 0.6 is 0 Å². The average Bonchev–Trinajstić information content (AvgIpc) is 3.21. The van der Waals surface area contributed by atoms with E-state index in [1.165, 1.54) is 0 Å². The van der Waals surface area contributed by atoms with Gasteiger partial charge in [0.15, 0.2) is 11.6 Å². The Labute approximate surface area is 162 Å². The molecule has 8 heteroatoms. The molecule has 2 aliphatic heterocycles. The third-order valence-corrected chi connectivity index (χ3v) is 5.56. The number of hydrogen-bond donors (Lipinski definition) is 2. The first-order valence-electron chi connectivity index (χ1n) is 9.70. The maximum Gasteiger partial charge on any atom is 0.247 e. The molecule has 2 N–H and O–H groups in total. The highest BCUT2D eigenvalue weighted by atomic mass is 16.5. The van der Waals surface area contributed by atoms with E-state index in [0.717, 1.165) is 54.6 Å². The van der Waals surface area contributed by atoms with Gasteiger partial charge in [0.25, 0.3) is 0 Å². The second kappa shape index (κ2) is 7.20. The summed E-state index contributed by atoms with van der Waals surface area (Å²) in [6, 6.07) is 5.99. The Balaban J connectivity index is 1.43. The molecule has 1 fully saturated rings. The van der Waals surface area contributed by atoms with Crippen LogP contribution < -0.4 is 10.2 Å². The number of carbonyl (C=O) groups is 1. The van der Waals surface area contributed by atoms with Gasteiger partial charge in [0, 0.05) is 30.7 Å². The molecule has 0 bridgehead atoms. The average molecular weight is 378 g/mol. The van der Waals surface area contributed by atoms with E-state index in [9.17, 15) is 4.79 Å². The Morgan fingerprint density at radius 2 is 2.11 bits per heavy atom. The highest BCUT2D eigenvalue weighted by Gasteiger charge is 2.28. The van der Waals surface area contributed by atoms with Crippen LogP contribution in [0.15, 0.2) is 30.6 Å². The molecule has 8 nitrogen and oxygen atoms in total. The first-order chi connectivity index (χ1) is 13.8. The van der Waals surface area contributed by atoms with Crippen molar-refractivity contribution in [1.29, 1.82) is 0 Å². The zero-order chi connectivity index (χ0) is 18.9. The Morgan fingerprint density at radius 3 is 3.00 bits per heavy atom. The van der Waals surface area contributed by atoms with E-state index in [0.29, 0.717) is 24.1 Å². The van der Waals surface area contributed by atoms with Gasteiger partial charge < -0.3 is 10.1 Å². The number of fused-ring (bicyclic) bond motifs is 2. The summed E-state index contributed by atoms with van der Waals surface area (Å²) in [5.41, 5.74) is 2.67. The Hall–Kier alpha value is -3.00. The molecule has 28 heavy (non-hydrogen) atoms. The summed E-state index contributed by atoms with van der Waals surface area (Å²) in [5, 5.41) is 11.1. The highest BCUT2D eigenvalue weighted by Crippen LogP contribution is 2.30. The lowest BCUT2D eigenvalue weighted by Gasteiger charge is -2.30. The van der Waals surface area contributed by atoms with E-state index in [4.69, 9.17) is 9.72 Å². The molecule has 0 saturated carbocycles. The van der Waals surface area contributed by atoms with Crippen molar-refractivity contribution in [1.82, 2.24) is 20.2 Å². The molecule has 1 saturated heterocycles. The fourth-order valence-corrected chi connectivity index (χ4v) is 3.88. The van der Waals surface area contributed by atoms with Gasteiger partial charge in [-0.25, -0.2) is 9.97 Å². The quantitative estimate of drug-likeness (QED) is 0.724. The van der Waals surface area contributed by atoms with Crippen LogP contribution in [-0.4, -0.2) is 52.4 Å². The smallest absolute Gasteiger partial charge is 0.247 e. The number of H-pyrrole nitrogens is 1. The molecule has 0 aliphatic carbocycles. The molecule has 0 unspecified atom stereocenters. The van der Waals surface area contributed by atoms with Crippen LogP contribution in [-0.2, 0) is 9.53 Å². The van der Waals surface area contributed by atoms with Crippen LogP contribution in [0.1, 0.15) is 19.3 Å². The molecular formula is C20H22N6O2. The monoisotopic (exact) mass is 378 g/mol. The van der Waals surface area contributed by atoms with Gasteiger partial charge in [-0.3, -0.25) is 14.8 Å². The first kappa shape index (κ1) is 17.1. The van der Waals surface area contributed by atoms with Crippen LogP contribution in [0, 0.1) is 5.92 Å². The fourth-order valence-electron chi connectivity index (χ4n) is 3.88. The summed E-state index contributed by atoms with van der Waals surface area (Å²) in [7, 11) is 0. The Kier molecular flexibility index (Phi) is 4.40. The summed E-state index contributed by atoms with van der Waals surface area (Å²) in [6.45, 7) is 2.56. The van der Waals surface area contributed by atoms with Gasteiger partial charge in [0.2, 0.25) is 5.91 Å². The van der Waals surface area contributed by atoms with Gasteiger partial charge in [0.05, 0.1) is 30.1 Å². The maximum absolute atomic E-state index is 12.6. The van der Waals surface area contributed by atoms with Crippen molar-refractivity contribution < 1.29 is 9.53 Å². The summed E-state index contributed by atoms with van der Waals surface area (Å²) in [6.07, 6.45) is 6.62. The largest absolute Gasteiger partial charge is 0.381 e. The molecule has 2 aliphatic rings. The zero-order valence-electron chi connectivity index (χ0n) is 15.5. The lowest BCUT2D eigenvalue weighted by atomic mass is 9.96. The van der Waals surface area contributed by atoms with Gasteiger partial charge in [-0.15, -0.1) is 0 Å². The molecule has 1 aromatic carbocycles. The molecule has 0 spiro atoms.